The summed E-state index contributed by atoms with van der Waals surface area (Å²) in [6.45, 7) is 0.363. The smallest absolute Gasteiger partial charge is 0.235 e. The van der Waals surface area contributed by atoms with E-state index in [1.165, 1.54) is 11.3 Å². The molecule has 0 spiro atoms. The van der Waals surface area contributed by atoms with Gasteiger partial charge in [-0.2, -0.15) is 9.61 Å². The van der Waals surface area contributed by atoms with Gasteiger partial charge in [0.05, 0.1) is 0 Å². The van der Waals surface area contributed by atoms with Crippen LogP contribution >= 0.6 is 22.9 Å². The molecule has 0 atom stereocenters. The molecular weight excluding hydrogens is 334 g/mol. The summed E-state index contributed by atoms with van der Waals surface area (Å²) < 4.78 is 7.42. The molecule has 0 radical (unpaired) electrons. The Morgan fingerprint density at radius 2 is 2.00 bits per heavy atom. The quantitative estimate of drug-likeness (QED) is 0.567. The molecule has 3 heterocycles. The summed E-state index contributed by atoms with van der Waals surface area (Å²) >= 11 is 7.30. The highest BCUT2D eigenvalue weighted by molar-refractivity contribution is 7.16. The van der Waals surface area contributed by atoms with Crippen LogP contribution in [0.1, 0.15) is 5.01 Å². The zero-order valence-electron chi connectivity index (χ0n) is 11.8. The molecule has 6 nitrogen and oxygen atoms in total. The van der Waals surface area contributed by atoms with Crippen LogP contribution in [0, 0.1) is 0 Å². The lowest BCUT2D eigenvalue weighted by Gasteiger charge is -2.03. The van der Waals surface area contributed by atoms with Crippen LogP contribution in [-0.4, -0.2) is 24.8 Å². The van der Waals surface area contributed by atoms with Crippen LogP contribution in [0.5, 0.6) is 5.75 Å². The van der Waals surface area contributed by atoms with Crippen molar-refractivity contribution in [3.8, 4) is 17.1 Å². The topological polar surface area (TPSA) is 65.2 Å². The highest BCUT2D eigenvalue weighted by atomic mass is 35.5. The van der Waals surface area contributed by atoms with Crippen LogP contribution in [0.15, 0.2) is 48.8 Å². The summed E-state index contributed by atoms with van der Waals surface area (Å²) in [6, 6.07) is 11.0. The number of hydrogen-bond donors (Lipinski definition) is 0. The third-order valence-corrected chi connectivity index (χ3v) is 4.25. The molecule has 4 rings (SSSR count). The van der Waals surface area contributed by atoms with Gasteiger partial charge in [0.1, 0.15) is 12.4 Å². The number of ether oxygens (including phenoxy) is 1. The van der Waals surface area contributed by atoms with E-state index in [9.17, 15) is 0 Å². The molecule has 0 saturated heterocycles. The molecule has 0 aliphatic carbocycles. The van der Waals surface area contributed by atoms with Crippen molar-refractivity contribution in [3.05, 3.63) is 58.8 Å². The first-order valence-electron chi connectivity index (χ1n) is 6.79. The average Bonchev–Trinajstić information content (AvgIpc) is 3.15. The zero-order valence-corrected chi connectivity index (χ0v) is 13.3. The van der Waals surface area contributed by atoms with E-state index in [4.69, 9.17) is 16.3 Å². The van der Waals surface area contributed by atoms with Crippen molar-refractivity contribution >= 4 is 27.9 Å². The second-order valence-electron chi connectivity index (χ2n) is 4.70. The van der Waals surface area contributed by atoms with Crippen molar-refractivity contribution in [2.75, 3.05) is 0 Å². The minimum Gasteiger partial charge on any atom is -0.486 e. The maximum atomic E-state index is 5.85. The van der Waals surface area contributed by atoms with Crippen molar-refractivity contribution < 1.29 is 4.74 Å². The third-order valence-electron chi connectivity index (χ3n) is 3.13. The SMILES string of the molecule is Clc1ccc(OCc2nn3c(-c4cccnc4)nnc3s2)cc1. The fraction of sp³-hybridized carbons (Fsp3) is 0.0667. The molecule has 0 saturated carbocycles. The Morgan fingerprint density at radius 1 is 1.13 bits per heavy atom. The maximum Gasteiger partial charge on any atom is 0.235 e. The van der Waals surface area contributed by atoms with Gasteiger partial charge in [-0.05, 0) is 36.4 Å². The van der Waals surface area contributed by atoms with Crippen LogP contribution < -0.4 is 4.74 Å². The van der Waals surface area contributed by atoms with Crippen molar-refractivity contribution in [1.82, 2.24) is 24.8 Å². The second kappa shape index (κ2) is 5.94. The van der Waals surface area contributed by atoms with Crippen LogP contribution in [-0.2, 0) is 6.61 Å². The van der Waals surface area contributed by atoms with E-state index in [0.717, 1.165) is 21.3 Å². The first-order valence-corrected chi connectivity index (χ1v) is 7.99. The first kappa shape index (κ1) is 14.1. The molecular formula is C15H10ClN5OS. The largest absolute Gasteiger partial charge is 0.486 e. The van der Waals surface area contributed by atoms with E-state index in [1.54, 1.807) is 29.0 Å². The Kier molecular flexibility index (Phi) is 3.64. The summed E-state index contributed by atoms with van der Waals surface area (Å²) in [7, 11) is 0. The van der Waals surface area contributed by atoms with E-state index in [0.29, 0.717) is 17.5 Å². The second-order valence-corrected chi connectivity index (χ2v) is 6.18. The normalized spacial score (nSPS) is 11.0. The van der Waals surface area contributed by atoms with Gasteiger partial charge in [0.2, 0.25) is 4.96 Å². The van der Waals surface area contributed by atoms with Crippen molar-refractivity contribution in [1.29, 1.82) is 0 Å². The molecule has 0 N–H and O–H groups in total. The number of nitrogens with zero attached hydrogens (tertiary/aromatic N) is 5. The molecule has 0 unspecified atom stereocenters. The Bertz CT molecular complexity index is 936. The lowest BCUT2D eigenvalue weighted by molar-refractivity contribution is 0.304. The Morgan fingerprint density at radius 3 is 2.78 bits per heavy atom. The van der Waals surface area contributed by atoms with Crippen LogP contribution in [0.4, 0.5) is 0 Å². The van der Waals surface area contributed by atoms with Gasteiger partial charge in [-0.25, -0.2) is 0 Å². The van der Waals surface area contributed by atoms with Gasteiger partial charge in [0.25, 0.3) is 0 Å². The number of hydrogen-bond acceptors (Lipinski definition) is 6. The van der Waals surface area contributed by atoms with Crippen molar-refractivity contribution in [2.24, 2.45) is 0 Å². The molecule has 0 aliphatic rings. The highest BCUT2D eigenvalue weighted by Crippen LogP contribution is 2.22. The fourth-order valence-corrected chi connectivity index (χ4v) is 2.94. The lowest BCUT2D eigenvalue weighted by atomic mass is 10.3. The standard InChI is InChI=1S/C15H10ClN5OS/c16-11-3-5-12(6-4-11)22-9-13-20-21-14(18-19-15(21)23-13)10-2-1-7-17-8-10/h1-8H,9H2. The molecule has 0 aliphatic heterocycles. The molecule has 0 amide bonds. The average molecular weight is 344 g/mol. The number of halogens is 1. The molecule has 1 aromatic carbocycles. The van der Waals surface area contributed by atoms with Crippen LogP contribution in [0.3, 0.4) is 0 Å². The van der Waals surface area contributed by atoms with Crippen molar-refractivity contribution in [2.45, 2.75) is 6.61 Å². The molecule has 4 aromatic rings. The summed E-state index contributed by atoms with van der Waals surface area (Å²) in [5.41, 5.74) is 0.871. The molecule has 3 aromatic heterocycles. The van der Waals surface area contributed by atoms with E-state index < -0.39 is 0 Å². The minimum absolute atomic E-state index is 0.363. The molecule has 0 fully saturated rings. The minimum atomic E-state index is 0.363. The fourth-order valence-electron chi connectivity index (χ4n) is 2.07. The van der Waals surface area contributed by atoms with Gasteiger partial charge in [-0.1, -0.05) is 22.9 Å². The zero-order chi connectivity index (χ0) is 15.6. The van der Waals surface area contributed by atoms with Crippen LogP contribution in [0.25, 0.3) is 16.3 Å². The van der Waals surface area contributed by atoms with Gasteiger partial charge in [0.15, 0.2) is 10.8 Å². The van der Waals surface area contributed by atoms with Gasteiger partial charge in [-0.15, -0.1) is 10.2 Å². The van der Waals surface area contributed by atoms with Crippen LogP contribution in [0.2, 0.25) is 5.02 Å². The molecule has 0 bridgehead atoms. The number of rotatable bonds is 4. The van der Waals surface area contributed by atoms with E-state index in [1.807, 2.05) is 24.3 Å². The summed E-state index contributed by atoms with van der Waals surface area (Å²) in [4.78, 5) is 4.82. The van der Waals surface area contributed by atoms with Gasteiger partial charge >= 0.3 is 0 Å². The van der Waals surface area contributed by atoms with E-state index >= 15 is 0 Å². The summed E-state index contributed by atoms with van der Waals surface area (Å²) in [5.74, 6) is 1.41. The Balaban J connectivity index is 1.57. The predicted octanol–water partition coefficient (Wildman–Crippen LogP) is 3.48. The molecule has 114 valence electrons. The third kappa shape index (κ3) is 2.88. The predicted molar refractivity (Wildman–Crippen MR) is 87.7 cm³/mol. The first-order chi connectivity index (χ1) is 11.3. The number of pyridine rings is 1. The Labute approximate surface area is 140 Å². The van der Waals surface area contributed by atoms with E-state index in [2.05, 4.69) is 20.3 Å². The summed E-state index contributed by atoms with van der Waals surface area (Å²) in [5, 5.41) is 14.3. The maximum absolute atomic E-state index is 5.85. The number of fused-ring (bicyclic) bond motifs is 1. The van der Waals surface area contributed by atoms with Gasteiger partial charge < -0.3 is 4.74 Å². The van der Waals surface area contributed by atoms with Gasteiger partial charge in [-0.3, -0.25) is 4.98 Å². The van der Waals surface area contributed by atoms with Crippen molar-refractivity contribution in [3.63, 3.8) is 0 Å². The van der Waals surface area contributed by atoms with Gasteiger partial charge in [0, 0.05) is 23.0 Å². The summed E-state index contributed by atoms with van der Waals surface area (Å²) in [6.07, 6.45) is 3.45. The van der Waals surface area contributed by atoms with E-state index in [-0.39, 0.29) is 0 Å². The number of aromatic nitrogens is 5. The lowest BCUT2D eigenvalue weighted by Crippen LogP contribution is -1.97. The number of benzene rings is 1. The monoisotopic (exact) mass is 343 g/mol. The Hall–Kier alpha value is -2.51. The molecule has 23 heavy (non-hydrogen) atoms. The molecule has 8 heteroatoms. The highest BCUT2D eigenvalue weighted by Gasteiger charge is 2.13.